The molecule has 3 N–H and O–H groups in total. The van der Waals surface area contributed by atoms with Crippen LogP contribution in [-0.4, -0.2) is 35.6 Å². The minimum absolute atomic E-state index is 0.185. The summed E-state index contributed by atoms with van der Waals surface area (Å²) in [6.45, 7) is 1.56. The third-order valence-electron chi connectivity index (χ3n) is 2.89. The molecular weight excluding hydrogens is 262 g/mol. The van der Waals surface area contributed by atoms with Gasteiger partial charge in [-0.15, -0.1) is 0 Å². The highest BCUT2D eigenvalue weighted by Gasteiger charge is 2.20. The number of hydrogen-bond acceptors (Lipinski definition) is 7. The highest BCUT2D eigenvalue weighted by Crippen LogP contribution is 2.31. The van der Waals surface area contributed by atoms with Crippen molar-refractivity contribution in [1.29, 1.82) is 0 Å². The zero-order valence-electron chi connectivity index (χ0n) is 11.5. The normalized spacial score (nSPS) is 13.8. The summed E-state index contributed by atoms with van der Waals surface area (Å²) in [6.07, 6.45) is -0.770. The molecule has 1 aromatic carbocycles. The summed E-state index contributed by atoms with van der Waals surface area (Å²) in [7, 11) is 3.11. The van der Waals surface area contributed by atoms with Gasteiger partial charge in [-0.3, -0.25) is 0 Å². The van der Waals surface area contributed by atoms with Crippen molar-refractivity contribution in [2.75, 3.05) is 14.2 Å². The van der Waals surface area contributed by atoms with Gasteiger partial charge in [0.15, 0.2) is 11.5 Å². The number of aromatic nitrogens is 2. The van der Waals surface area contributed by atoms with E-state index in [2.05, 4.69) is 10.1 Å². The van der Waals surface area contributed by atoms with Gasteiger partial charge >= 0.3 is 0 Å². The second kappa shape index (κ2) is 5.89. The van der Waals surface area contributed by atoms with Crippen molar-refractivity contribution < 1.29 is 19.1 Å². The fraction of sp³-hybridized carbons (Fsp3) is 0.385. The van der Waals surface area contributed by atoms with Gasteiger partial charge in [-0.25, -0.2) is 0 Å². The number of benzene rings is 1. The first-order valence-corrected chi connectivity index (χ1v) is 6.06. The molecular formula is C13H17N3O4. The summed E-state index contributed by atoms with van der Waals surface area (Å²) >= 11 is 0. The quantitative estimate of drug-likeness (QED) is 0.845. The zero-order chi connectivity index (χ0) is 14.7. The van der Waals surface area contributed by atoms with E-state index in [0.29, 0.717) is 22.9 Å². The largest absolute Gasteiger partial charge is 0.493 e. The molecule has 108 valence electrons. The smallest absolute Gasteiger partial charge is 0.246 e. The number of aliphatic hydroxyl groups is 1. The standard InChI is InChI=1S/C13H17N3O4/c1-7(17)11(14)13-15-12(16-20-13)8-4-5-9(18-2)10(6-8)19-3/h4-7,11,17H,14H2,1-3H3. The molecule has 0 radical (unpaired) electrons. The summed E-state index contributed by atoms with van der Waals surface area (Å²) in [5.74, 6) is 1.73. The van der Waals surface area contributed by atoms with Crippen LogP contribution in [0.5, 0.6) is 11.5 Å². The lowest BCUT2D eigenvalue weighted by Crippen LogP contribution is -2.23. The Kier molecular flexibility index (Phi) is 4.21. The molecule has 0 saturated heterocycles. The average Bonchev–Trinajstić information content (AvgIpc) is 2.95. The molecule has 2 atom stereocenters. The molecule has 2 unspecified atom stereocenters. The number of methoxy groups -OCH3 is 2. The van der Waals surface area contributed by atoms with E-state index in [9.17, 15) is 5.11 Å². The minimum Gasteiger partial charge on any atom is -0.493 e. The molecule has 0 saturated carbocycles. The Morgan fingerprint density at radius 2 is 1.95 bits per heavy atom. The van der Waals surface area contributed by atoms with E-state index in [1.807, 2.05) is 0 Å². The number of nitrogens with zero attached hydrogens (tertiary/aromatic N) is 2. The van der Waals surface area contributed by atoms with Crippen LogP contribution in [0.25, 0.3) is 11.4 Å². The Morgan fingerprint density at radius 3 is 2.55 bits per heavy atom. The highest BCUT2D eigenvalue weighted by molar-refractivity contribution is 5.60. The van der Waals surface area contributed by atoms with Crippen LogP contribution in [0, 0.1) is 0 Å². The fourth-order valence-electron chi connectivity index (χ4n) is 1.67. The van der Waals surface area contributed by atoms with Crippen LogP contribution in [0.2, 0.25) is 0 Å². The molecule has 1 heterocycles. The van der Waals surface area contributed by atoms with Gasteiger partial charge in [0, 0.05) is 5.56 Å². The van der Waals surface area contributed by atoms with Gasteiger partial charge in [0.2, 0.25) is 11.7 Å². The first kappa shape index (κ1) is 14.3. The van der Waals surface area contributed by atoms with Crippen molar-refractivity contribution in [3.63, 3.8) is 0 Å². The van der Waals surface area contributed by atoms with Crippen molar-refractivity contribution in [1.82, 2.24) is 10.1 Å². The van der Waals surface area contributed by atoms with E-state index in [0.717, 1.165) is 0 Å². The molecule has 0 aliphatic carbocycles. The van der Waals surface area contributed by atoms with Crippen LogP contribution in [0.4, 0.5) is 0 Å². The Bertz CT molecular complexity index is 583. The lowest BCUT2D eigenvalue weighted by Gasteiger charge is -2.08. The summed E-state index contributed by atoms with van der Waals surface area (Å²) in [6, 6.07) is 4.56. The molecule has 7 heteroatoms. The van der Waals surface area contributed by atoms with Gasteiger partial charge in [0.05, 0.1) is 20.3 Å². The van der Waals surface area contributed by atoms with Gasteiger partial charge < -0.3 is 24.8 Å². The number of rotatable bonds is 5. The third-order valence-corrected chi connectivity index (χ3v) is 2.89. The van der Waals surface area contributed by atoms with Crippen LogP contribution in [0.15, 0.2) is 22.7 Å². The van der Waals surface area contributed by atoms with Crippen LogP contribution >= 0.6 is 0 Å². The molecule has 7 nitrogen and oxygen atoms in total. The van der Waals surface area contributed by atoms with Crippen LogP contribution in [0.3, 0.4) is 0 Å². The van der Waals surface area contributed by atoms with Gasteiger partial charge in [0.25, 0.3) is 0 Å². The minimum atomic E-state index is -0.770. The lowest BCUT2D eigenvalue weighted by atomic mass is 10.2. The molecule has 0 fully saturated rings. The molecule has 1 aromatic heterocycles. The van der Waals surface area contributed by atoms with Crippen molar-refractivity contribution in [2.24, 2.45) is 5.73 Å². The SMILES string of the molecule is COc1ccc(-c2noc(C(N)C(C)O)n2)cc1OC. The van der Waals surface area contributed by atoms with Gasteiger partial charge in [-0.05, 0) is 25.1 Å². The molecule has 2 rings (SSSR count). The number of aliphatic hydroxyl groups excluding tert-OH is 1. The average molecular weight is 279 g/mol. The maximum atomic E-state index is 9.42. The number of ether oxygens (including phenoxy) is 2. The van der Waals surface area contributed by atoms with Gasteiger partial charge in [-0.2, -0.15) is 4.98 Å². The summed E-state index contributed by atoms with van der Waals surface area (Å²) in [4.78, 5) is 4.17. The molecule has 0 aliphatic heterocycles. The molecule has 2 aromatic rings. The van der Waals surface area contributed by atoms with E-state index >= 15 is 0 Å². The van der Waals surface area contributed by atoms with Gasteiger partial charge in [0.1, 0.15) is 6.04 Å². The Morgan fingerprint density at radius 1 is 1.25 bits per heavy atom. The van der Waals surface area contributed by atoms with E-state index in [1.165, 1.54) is 0 Å². The Balaban J connectivity index is 2.33. The van der Waals surface area contributed by atoms with Gasteiger partial charge in [-0.1, -0.05) is 5.16 Å². The van der Waals surface area contributed by atoms with E-state index < -0.39 is 12.1 Å². The van der Waals surface area contributed by atoms with E-state index in [1.54, 1.807) is 39.3 Å². The summed E-state index contributed by atoms with van der Waals surface area (Å²) < 4.78 is 15.4. The van der Waals surface area contributed by atoms with Crippen molar-refractivity contribution in [3.05, 3.63) is 24.1 Å². The first-order valence-electron chi connectivity index (χ1n) is 6.06. The second-order valence-electron chi connectivity index (χ2n) is 4.29. The maximum Gasteiger partial charge on any atom is 0.246 e. The second-order valence-corrected chi connectivity index (χ2v) is 4.29. The van der Waals surface area contributed by atoms with E-state index in [-0.39, 0.29) is 5.89 Å². The van der Waals surface area contributed by atoms with Crippen molar-refractivity contribution in [2.45, 2.75) is 19.1 Å². The number of nitrogens with two attached hydrogens (primary N) is 1. The maximum absolute atomic E-state index is 9.42. The zero-order valence-corrected chi connectivity index (χ0v) is 11.5. The van der Waals surface area contributed by atoms with Crippen LogP contribution in [-0.2, 0) is 0 Å². The third kappa shape index (κ3) is 2.73. The summed E-state index contributed by atoms with van der Waals surface area (Å²) in [5.41, 5.74) is 6.44. The topological polar surface area (TPSA) is 104 Å². The predicted octanol–water partition coefficient (Wildman–Crippen LogP) is 1.13. The van der Waals surface area contributed by atoms with Crippen molar-refractivity contribution >= 4 is 0 Å². The predicted molar refractivity (Wildman–Crippen MR) is 71.4 cm³/mol. The highest BCUT2D eigenvalue weighted by atomic mass is 16.5. The Labute approximate surface area is 116 Å². The van der Waals surface area contributed by atoms with Crippen molar-refractivity contribution in [3.8, 4) is 22.9 Å². The molecule has 0 bridgehead atoms. The molecule has 20 heavy (non-hydrogen) atoms. The Hall–Kier alpha value is -2.12. The monoisotopic (exact) mass is 279 g/mol. The molecule has 0 amide bonds. The van der Waals surface area contributed by atoms with Crippen LogP contribution < -0.4 is 15.2 Å². The molecule has 0 aliphatic rings. The lowest BCUT2D eigenvalue weighted by molar-refractivity contribution is 0.146. The summed E-state index contributed by atoms with van der Waals surface area (Å²) in [5, 5.41) is 13.3. The number of hydrogen-bond donors (Lipinski definition) is 2. The van der Waals surface area contributed by atoms with E-state index in [4.69, 9.17) is 19.7 Å². The first-order chi connectivity index (χ1) is 9.56. The fourth-order valence-corrected chi connectivity index (χ4v) is 1.67. The van der Waals surface area contributed by atoms with Crippen LogP contribution in [0.1, 0.15) is 18.9 Å². The molecule has 0 spiro atoms.